The minimum absolute atomic E-state index is 0.144. The average molecular weight is 298 g/mol. The van der Waals surface area contributed by atoms with E-state index in [1.54, 1.807) is 16.2 Å². The summed E-state index contributed by atoms with van der Waals surface area (Å²) < 4.78 is 5.26. The number of nitrogens with one attached hydrogen (secondary N) is 1. The Hall–Kier alpha value is -1.60. The van der Waals surface area contributed by atoms with Crippen LogP contribution in [0, 0.1) is 6.92 Å². The maximum absolute atomic E-state index is 11.9. The Kier molecular flexibility index (Phi) is 4.29. The molecule has 1 aliphatic rings. The minimum Gasteiger partial charge on any atom is -0.480 e. The summed E-state index contributed by atoms with van der Waals surface area (Å²) in [6.07, 6.45) is 0. The number of thiophene rings is 1. The number of aryl methyl sites for hydroxylation is 1. The topological polar surface area (TPSA) is 78.9 Å². The zero-order chi connectivity index (χ0) is 14.8. The number of hydrogen-bond donors (Lipinski definition) is 2. The van der Waals surface area contributed by atoms with E-state index in [2.05, 4.69) is 5.32 Å². The predicted octanol–water partition coefficient (Wildman–Crippen LogP) is 1.44. The van der Waals surface area contributed by atoms with Crippen LogP contribution in [0.1, 0.15) is 17.4 Å². The fourth-order valence-electron chi connectivity index (χ4n) is 2.08. The molecular formula is C13H18N2O4S. The number of urea groups is 1. The van der Waals surface area contributed by atoms with Gasteiger partial charge in [-0.05, 0) is 30.9 Å². The molecule has 1 aromatic heterocycles. The van der Waals surface area contributed by atoms with Gasteiger partial charge in [0, 0.05) is 4.88 Å². The quantitative estimate of drug-likeness (QED) is 0.862. The van der Waals surface area contributed by atoms with Gasteiger partial charge in [0.1, 0.15) is 12.2 Å². The highest BCUT2D eigenvalue weighted by Crippen LogP contribution is 2.24. The van der Waals surface area contributed by atoms with Crippen molar-refractivity contribution in [2.24, 2.45) is 0 Å². The van der Waals surface area contributed by atoms with Gasteiger partial charge in [-0.25, -0.2) is 9.59 Å². The van der Waals surface area contributed by atoms with E-state index < -0.39 is 11.6 Å². The third-order valence-electron chi connectivity index (χ3n) is 3.25. The molecule has 1 fully saturated rings. The molecule has 0 unspecified atom stereocenters. The highest BCUT2D eigenvalue weighted by atomic mass is 32.1. The maximum atomic E-state index is 11.9. The lowest BCUT2D eigenvalue weighted by molar-refractivity contribution is -0.159. The average Bonchev–Trinajstić information content (AvgIpc) is 2.75. The van der Waals surface area contributed by atoms with Gasteiger partial charge in [-0.3, -0.25) is 0 Å². The highest BCUT2D eigenvalue weighted by Gasteiger charge is 2.42. The van der Waals surface area contributed by atoms with Gasteiger partial charge in [0.2, 0.25) is 0 Å². The van der Waals surface area contributed by atoms with Gasteiger partial charge in [-0.2, -0.15) is 0 Å². The smallest absolute Gasteiger partial charge is 0.329 e. The lowest BCUT2D eigenvalue weighted by atomic mass is 9.97. The Balaban J connectivity index is 1.73. The summed E-state index contributed by atoms with van der Waals surface area (Å²) in [4.78, 5) is 25.1. The van der Waals surface area contributed by atoms with Crippen molar-refractivity contribution in [2.45, 2.75) is 26.0 Å². The number of aliphatic carboxylic acids is 1. The number of ether oxygens (including phenoxy) is 1. The summed E-state index contributed by atoms with van der Waals surface area (Å²) in [5.74, 6) is -0.998. The van der Waals surface area contributed by atoms with Crippen molar-refractivity contribution < 1.29 is 19.4 Å². The molecule has 0 aliphatic carbocycles. The molecule has 110 valence electrons. The summed E-state index contributed by atoms with van der Waals surface area (Å²) in [5, 5.41) is 13.4. The SMILES string of the molecule is Cc1ccsc1CNC(=O)N1CC(C)(OCC(=O)O)C1. The lowest BCUT2D eigenvalue weighted by Gasteiger charge is -2.46. The molecule has 0 spiro atoms. The van der Waals surface area contributed by atoms with Crippen molar-refractivity contribution in [3.63, 3.8) is 0 Å². The predicted molar refractivity (Wildman–Crippen MR) is 74.9 cm³/mol. The molecule has 7 heteroatoms. The van der Waals surface area contributed by atoms with Gasteiger partial charge in [0.25, 0.3) is 0 Å². The molecule has 0 atom stereocenters. The first-order valence-corrected chi connectivity index (χ1v) is 7.19. The second-order valence-electron chi connectivity index (χ2n) is 5.17. The number of carbonyl (C=O) groups is 2. The van der Waals surface area contributed by atoms with Crippen molar-refractivity contribution in [3.05, 3.63) is 21.9 Å². The van der Waals surface area contributed by atoms with Gasteiger partial charge in [0.15, 0.2) is 0 Å². The first-order chi connectivity index (χ1) is 9.39. The first kappa shape index (κ1) is 14.8. The van der Waals surface area contributed by atoms with Crippen LogP contribution in [0.4, 0.5) is 4.79 Å². The summed E-state index contributed by atoms with van der Waals surface area (Å²) in [6.45, 7) is 4.83. The molecule has 1 aromatic rings. The number of carboxylic acids is 1. The zero-order valence-electron chi connectivity index (χ0n) is 11.5. The Morgan fingerprint density at radius 1 is 1.55 bits per heavy atom. The van der Waals surface area contributed by atoms with E-state index in [-0.39, 0.29) is 12.6 Å². The Bertz CT molecular complexity index is 508. The summed E-state index contributed by atoms with van der Waals surface area (Å²) in [7, 11) is 0. The van der Waals surface area contributed by atoms with E-state index in [4.69, 9.17) is 9.84 Å². The number of hydrogen-bond acceptors (Lipinski definition) is 4. The highest BCUT2D eigenvalue weighted by molar-refractivity contribution is 7.10. The van der Waals surface area contributed by atoms with Crippen molar-refractivity contribution in [1.82, 2.24) is 10.2 Å². The Morgan fingerprint density at radius 2 is 2.25 bits per heavy atom. The van der Waals surface area contributed by atoms with Crippen LogP contribution in [0.15, 0.2) is 11.4 Å². The molecule has 20 heavy (non-hydrogen) atoms. The summed E-state index contributed by atoms with van der Waals surface area (Å²) >= 11 is 1.62. The number of rotatable bonds is 5. The van der Waals surface area contributed by atoms with Gasteiger partial charge < -0.3 is 20.1 Å². The van der Waals surface area contributed by atoms with Gasteiger partial charge in [-0.15, -0.1) is 11.3 Å². The molecule has 1 aliphatic heterocycles. The van der Waals surface area contributed by atoms with Gasteiger partial charge >= 0.3 is 12.0 Å². The number of carboxylic acid groups (broad SMARTS) is 1. The van der Waals surface area contributed by atoms with Crippen LogP contribution in [-0.2, 0) is 16.1 Å². The second kappa shape index (κ2) is 5.80. The van der Waals surface area contributed by atoms with E-state index in [0.29, 0.717) is 19.6 Å². The molecule has 2 N–H and O–H groups in total. The van der Waals surface area contributed by atoms with Crippen LogP contribution in [0.2, 0.25) is 0 Å². The van der Waals surface area contributed by atoms with E-state index in [9.17, 15) is 9.59 Å². The number of carbonyl (C=O) groups excluding carboxylic acids is 1. The summed E-state index contributed by atoms with van der Waals surface area (Å²) in [6, 6.07) is 1.88. The number of amides is 2. The zero-order valence-corrected chi connectivity index (χ0v) is 12.3. The fraction of sp³-hybridized carbons (Fsp3) is 0.538. The molecule has 0 radical (unpaired) electrons. The number of nitrogens with zero attached hydrogens (tertiary/aromatic N) is 1. The third kappa shape index (κ3) is 3.49. The van der Waals surface area contributed by atoms with E-state index >= 15 is 0 Å². The van der Waals surface area contributed by atoms with Crippen molar-refractivity contribution in [2.75, 3.05) is 19.7 Å². The normalized spacial score (nSPS) is 16.6. The Labute approximate surface area is 121 Å². The van der Waals surface area contributed by atoms with Gasteiger partial charge in [-0.1, -0.05) is 0 Å². The van der Waals surface area contributed by atoms with Crippen LogP contribution >= 0.6 is 11.3 Å². The standard InChI is InChI=1S/C13H18N2O4S/c1-9-3-4-20-10(9)5-14-12(18)15-7-13(2,8-15)19-6-11(16)17/h3-4H,5-8H2,1-2H3,(H,14,18)(H,16,17). The summed E-state index contributed by atoms with van der Waals surface area (Å²) in [5.41, 5.74) is 0.628. The van der Waals surface area contributed by atoms with E-state index in [0.717, 1.165) is 4.88 Å². The van der Waals surface area contributed by atoms with Crippen LogP contribution in [0.3, 0.4) is 0 Å². The molecular weight excluding hydrogens is 280 g/mol. The van der Waals surface area contributed by atoms with Crippen molar-refractivity contribution >= 4 is 23.3 Å². The van der Waals surface area contributed by atoms with Crippen LogP contribution in [0.25, 0.3) is 0 Å². The van der Waals surface area contributed by atoms with E-state index in [1.807, 2.05) is 25.3 Å². The third-order valence-corrected chi connectivity index (χ3v) is 4.27. The monoisotopic (exact) mass is 298 g/mol. The largest absolute Gasteiger partial charge is 0.480 e. The van der Waals surface area contributed by atoms with Crippen molar-refractivity contribution in [3.8, 4) is 0 Å². The van der Waals surface area contributed by atoms with Crippen LogP contribution in [0.5, 0.6) is 0 Å². The van der Waals surface area contributed by atoms with Crippen molar-refractivity contribution in [1.29, 1.82) is 0 Å². The number of likely N-dealkylation sites (tertiary alicyclic amines) is 1. The maximum Gasteiger partial charge on any atom is 0.329 e. The molecule has 0 saturated carbocycles. The fourth-order valence-corrected chi connectivity index (χ4v) is 2.93. The second-order valence-corrected chi connectivity index (χ2v) is 6.17. The first-order valence-electron chi connectivity index (χ1n) is 6.31. The molecule has 2 heterocycles. The van der Waals surface area contributed by atoms with Crippen LogP contribution in [-0.4, -0.2) is 47.3 Å². The minimum atomic E-state index is -0.998. The van der Waals surface area contributed by atoms with E-state index in [1.165, 1.54) is 5.56 Å². The van der Waals surface area contributed by atoms with Crippen LogP contribution < -0.4 is 5.32 Å². The molecule has 1 saturated heterocycles. The van der Waals surface area contributed by atoms with Gasteiger partial charge in [0.05, 0.1) is 19.6 Å². The molecule has 2 rings (SSSR count). The molecule has 2 amide bonds. The Morgan fingerprint density at radius 3 is 2.80 bits per heavy atom. The molecule has 0 bridgehead atoms. The lowest BCUT2D eigenvalue weighted by Crippen LogP contribution is -2.65. The molecule has 6 nitrogen and oxygen atoms in total. The molecule has 0 aromatic carbocycles.